The van der Waals surface area contributed by atoms with Gasteiger partial charge in [-0.15, -0.1) is 11.3 Å². The van der Waals surface area contributed by atoms with Crippen LogP contribution in [-0.2, 0) is 11.3 Å². The molecule has 0 aliphatic rings. The van der Waals surface area contributed by atoms with Crippen molar-refractivity contribution in [2.75, 3.05) is 19.5 Å². The van der Waals surface area contributed by atoms with Gasteiger partial charge in [-0.3, -0.25) is 4.79 Å². The second kappa shape index (κ2) is 9.20. The second-order valence-corrected chi connectivity index (χ2v) is 6.84. The predicted octanol–water partition coefficient (Wildman–Crippen LogP) is 4.51. The van der Waals surface area contributed by atoms with Crippen molar-refractivity contribution in [1.82, 2.24) is 0 Å². The molecule has 0 aliphatic carbocycles. The molecule has 3 rings (SSSR count). The van der Waals surface area contributed by atoms with Crippen molar-refractivity contribution in [2.45, 2.75) is 6.61 Å². The Balaban J connectivity index is 1.87. The maximum absolute atomic E-state index is 13.3. The van der Waals surface area contributed by atoms with E-state index in [1.807, 2.05) is 0 Å². The number of anilines is 1. The Morgan fingerprint density at radius 3 is 2.45 bits per heavy atom. The third-order valence-corrected chi connectivity index (χ3v) is 4.86. The van der Waals surface area contributed by atoms with E-state index < -0.39 is 11.8 Å². The highest BCUT2D eigenvalue weighted by molar-refractivity contribution is 7.12. The summed E-state index contributed by atoms with van der Waals surface area (Å²) in [6.45, 7) is -0.122. The Labute approximate surface area is 170 Å². The predicted molar refractivity (Wildman–Crippen MR) is 107 cm³/mol. The average molecular weight is 415 g/mol. The Morgan fingerprint density at radius 1 is 1.03 bits per heavy atom. The molecule has 0 spiro atoms. The molecule has 1 aromatic heterocycles. The molecule has 0 fully saturated rings. The lowest BCUT2D eigenvalue weighted by atomic mass is 10.1. The Hall–Kier alpha value is -3.39. The largest absolute Gasteiger partial charge is 0.493 e. The van der Waals surface area contributed by atoms with Gasteiger partial charge in [0.15, 0.2) is 11.5 Å². The third-order valence-electron chi connectivity index (χ3n) is 4.00. The van der Waals surface area contributed by atoms with E-state index >= 15 is 0 Å². The molecule has 8 heteroatoms. The van der Waals surface area contributed by atoms with E-state index in [1.54, 1.807) is 23.6 Å². The molecule has 6 nitrogen and oxygen atoms in total. The van der Waals surface area contributed by atoms with Gasteiger partial charge in [0.05, 0.1) is 30.3 Å². The molecule has 0 bridgehead atoms. The fourth-order valence-electron chi connectivity index (χ4n) is 2.60. The standard InChI is InChI=1S/C21H18FNO5S/c1-26-17-10-15(21(25)28-12-13-5-3-6-14(22)9-13)16(11-18(17)27-2)23-20(24)19-7-4-8-29-19/h3-11H,12H2,1-2H3,(H,23,24). The van der Waals surface area contributed by atoms with Crippen LogP contribution < -0.4 is 14.8 Å². The molecular weight excluding hydrogens is 397 g/mol. The second-order valence-electron chi connectivity index (χ2n) is 5.89. The molecule has 150 valence electrons. The molecule has 0 saturated carbocycles. The molecule has 1 heterocycles. The van der Waals surface area contributed by atoms with Gasteiger partial charge in [-0.25, -0.2) is 9.18 Å². The van der Waals surface area contributed by atoms with E-state index in [2.05, 4.69) is 5.32 Å². The molecule has 1 amide bonds. The number of carbonyl (C=O) groups is 2. The summed E-state index contributed by atoms with van der Waals surface area (Å²) in [5.74, 6) is -0.841. The minimum Gasteiger partial charge on any atom is -0.493 e. The van der Waals surface area contributed by atoms with E-state index in [9.17, 15) is 14.0 Å². The highest BCUT2D eigenvalue weighted by Crippen LogP contribution is 2.34. The number of nitrogens with one attached hydrogen (secondary N) is 1. The molecule has 0 unspecified atom stereocenters. The van der Waals surface area contributed by atoms with E-state index in [0.29, 0.717) is 21.9 Å². The van der Waals surface area contributed by atoms with Crippen LogP contribution >= 0.6 is 11.3 Å². The summed E-state index contributed by atoms with van der Waals surface area (Å²) >= 11 is 1.27. The first-order valence-corrected chi connectivity index (χ1v) is 9.42. The van der Waals surface area contributed by atoms with Crippen LogP contribution in [-0.4, -0.2) is 26.1 Å². The molecule has 0 radical (unpaired) electrons. The first-order chi connectivity index (χ1) is 14.0. The van der Waals surface area contributed by atoms with Crippen molar-refractivity contribution in [2.24, 2.45) is 0 Å². The van der Waals surface area contributed by atoms with Gasteiger partial charge in [-0.1, -0.05) is 18.2 Å². The number of amides is 1. The Bertz CT molecular complexity index is 1020. The molecule has 3 aromatic rings. The summed E-state index contributed by atoms with van der Waals surface area (Å²) in [5.41, 5.74) is 0.803. The van der Waals surface area contributed by atoms with Crippen LogP contribution in [0.4, 0.5) is 10.1 Å². The van der Waals surface area contributed by atoms with Crippen molar-refractivity contribution in [3.05, 3.63) is 75.7 Å². The first-order valence-electron chi connectivity index (χ1n) is 8.54. The number of ether oxygens (including phenoxy) is 3. The monoisotopic (exact) mass is 415 g/mol. The topological polar surface area (TPSA) is 73.9 Å². The molecule has 0 saturated heterocycles. The quantitative estimate of drug-likeness (QED) is 0.575. The number of esters is 1. The Morgan fingerprint density at radius 2 is 1.79 bits per heavy atom. The molecule has 29 heavy (non-hydrogen) atoms. The van der Waals surface area contributed by atoms with Gasteiger partial charge in [-0.2, -0.15) is 0 Å². The summed E-state index contributed by atoms with van der Waals surface area (Å²) in [6.07, 6.45) is 0. The number of methoxy groups -OCH3 is 2. The minimum absolute atomic E-state index is 0.0870. The van der Waals surface area contributed by atoms with Gasteiger partial charge >= 0.3 is 5.97 Å². The van der Waals surface area contributed by atoms with Crippen LogP contribution in [0.15, 0.2) is 53.9 Å². The number of hydrogen-bond donors (Lipinski definition) is 1. The smallest absolute Gasteiger partial charge is 0.340 e. The van der Waals surface area contributed by atoms with Gasteiger partial charge in [0.1, 0.15) is 12.4 Å². The van der Waals surface area contributed by atoms with Gasteiger partial charge in [0, 0.05) is 12.1 Å². The summed E-state index contributed by atoms with van der Waals surface area (Å²) in [7, 11) is 2.88. The number of hydrogen-bond acceptors (Lipinski definition) is 6. The highest BCUT2D eigenvalue weighted by atomic mass is 32.1. The van der Waals surface area contributed by atoms with Crippen LogP contribution in [0, 0.1) is 5.82 Å². The zero-order valence-corrected chi connectivity index (χ0v) is 16.5. The average Bonchev–Trinajstić information content (AvgIpc) is 3.26. The van der Waals surface area contributed by atoms with E-state index in [1.165, 1.54) is 55.9 Å². The SMILES string of the molecule is COc1cc(NC(=O)c2cccs2)c(C(=O)OCc2cccc(F)c2)cc1OC. The zero-order chi connectivity index (χ0) is 20.8. The van der Waals surface area contributed by atoms with Crippen LogP contribution in [0.1, 0.15) is 25.6 Å². The van der Waals surface area contributed by atoms with E-state index in [4.69, 9.17) is 14.2 Å². The number of halogens is 1. The lowest BCUT2D eigenvalue weighted by Crippen LogP contribution is -2.15. The molecule has 0 aliphatic heterocycles. The fourth-order valence-corrected chi connectivity index (χ4v) is 3.22. The number of carbonyl (C=O) groups excluding carboxylic acids is 2. The van der Waals surface area contributed by atoms with Crippen molar-refractivity contribution in [3.8, 4) is 11.5 Å². The van der Waals surface area contributed by atoms with Gasteiger partial charge in [0.2, 0.25) is 0 Å². The maximum Gasteiger partial charge on any atom is 0.340 e. The van der Waals surface area contributed by atoms with Crippen LogP contribution in [0.25, 0.3) is 0 Å². The lowest BCUT2D eigenvalue weighted by Gasteiger charge is -2.15. The summed E-state index contributed by atoms with van der Waals surface area (Å²) in [4.78, 5) is 25.6. The lowest BCUT2D eigenvalue weighted by molar-refractivity contribution is 0.0473. The Kier molecular flexibility index (Phi) is 6.46. The normalized spacial score (nSPS) is 10.3. The van der Waals surface area contributed by atoms with E-state index in [0.717, 1.165) is 0 Å². The van der Waals surface area contributed by atoms with Gasteiger partial charge in [-0.05, 0) is 29.1 Å². The fraction of sp³-hybridized carbons (Fsp3) is 0.143. The van der Waals surface area contributed by atoms with Crippen molar-refractivity contribution >= 4 is 28.9 Å². The van der Waals surface area contributed by atoms with Crippen LogP contribution in [0.5, 0.6) is 11.5 Å². The first kappa shape index (κ1) is 20.3. The summed E-state index contributed by atoms with van der Waals surface area (Å²) in [6, 6.07) is 12.1. The van der Waals surface area contributed by atoms with Crippen molar-refractivity contribution in [3.63, 3.8) is 0 Å². The zero-order valence-electron chi connectivity index (χ0n) is 15.7. The maximum atomic E-state index is 13.3. The van der Waals surface area contributed by atoms with Gasteiger partial charge < -0.3 is 19.5 Å². The number of rotatable bonds is 7. The highest BCUT2D eigenvalue weighted by Gasteiger charge is 2.20. The number of thiophene rings is 1. The van der Waals surface area contributed by atoms with E-state index in [-0.39, 0.29) is 23.8 Å². The molecular formula is C21H18FNO5S. The van der Waals surface area contributed by atoms with Crippen LogP contribution in [0.2, 0.25) is 0 Å². The van der Waals surface area contributed by atoms with Crippen molar-refractivity contribution < 1.29 is 28.2 Å². The summed E-state index contributed by atoms with van der Waals surface area (Å²) in [5, 5.41) is 4.48. The molecule has 0 atom stereocenters. The van der Waals surface area contributed by atoms with Gasteiger partial charge in [0.25, 0.3) is 5.91 Å². The molecule has 2 aromatic carbocycles. The number of benzene rings is 2. The summed E-state index contributed by atoms with van der Waals surface area (Å²) < 4.78 is 29.1. The van der Waals surface area contributed by atoms with Crippen molar-refractivity contribution in [1.29, 1.82) is 0 Å². The van der Waals surface area contributed by atoms with Crippen LogP contribution in [0.3, 0.4) is 0 Å². The third kappa shape index (κ3) is 4.91. The molecule has 1 N–H and O–H groups in total. The minimum atomic E-state index is -0.698.